The number of ether oxygens (including phenoxy) is 1. The van der Waals surface area contributed by atoms with Crippen molar-refractivity contribution in [1.29, 1.82) is 0 Å². The zero-order chi connectivity index (χ0) is 26.2. The number of halogens is 1. The lowest BCUT2D eigenvalue weighted by Crippen LogP contribution is -2.41. The van der Waals surface area contributed by atoms with E-state index in [9.17, 15) is 9.18 Å². The minimum Gasteiger partial charge on any atom is -0.481 e. The van der Waals surface area contributed by atoms with Crippen molar-refractivity contribution >= 4 is 17.2 Å². The normalized spacial score (nSPS) is 18.8. The van der Waals surface area contributed by atoms with Gasteiger partial charge in [0, 0.05) is 34.1 Å². The van der Waals surface area contributed by atoms with Crippen LogP contribution in [0.2, 0.25) is 0 Å². The van der Waals surface area contributed by atoms with E-state index in [-0.39, 0.29) is 5.91 Å². The van der Waals surface area contributed by atoms with Crippen molar-refractivity contribution in [3.63, 3.8) is 0 Å². The maximum Gasteiger partial charge on any atom is 0.255 e. The van der Waals surface area contributed by atoms with Gasteiger partial charge in [-0.05, 0) is 102 Å². The first-order valence-corrected chi connectivity index (χ1v) is 14.1. The van der Waals surface area contributed by atoms with Crippen LogP contribution in [0.3, 0.4) is 0 Å². The Morgan fingerprint density at radius 1 is 1.22 bits per heavy atom. The van der Waals surface area contributed by atoms with Gasteiger partial charge in [0.25, 0.3) is 5.91 Å². The van der Waals surface area contributed by atoms with Gasteiger partial charge in [0.1, 0.15) is 5.67 Å². The Morgan fingerprint density at radius 3 is 2.56 bits per heavy atom. The molecule has 1 saturated heterocycles. The summed E-state index contributed by atoms with van der Waals surface area (Å²) in [6.45, 7) is 15.5. The number of likely N-dealkylation sites (tertiary alicyclic amines) is 1. The molecule has 5 nitrogen and oxygen atoms in total. The van der Waals surface area contributed by atoms with Gasteiger partial charge >= 0.3 is 0 Å². The third kappa shape index (κ3) is 5.77. The Hall–Kier alpha value is -1.99. The predicted octanol–water partition coefficient (Wildman–Crippen LogP) is 6.23. The van der Waals surface area contributed by atoms with Gasteiger partial charge in [0.05, 0.1) is 19.2 Å². The van der Waals surface area contributed by atoms with Crippen molar-refractivity contribution in [1.82, 2.24) is 14.8 Å². The summed E-state index contributed by atoms with van der Waals surface area (Å²) >= 11 is 1.85. The van der Waals surface area contributed by atoms with Crippen LogP contribution >= 0.6 is 11.3 Å². The number of fused-ring (bicyclic) bond motifs is 1. The standard InChI is InChI=1S/C29H42FN3O2S/c1-18-15-19(2)31-27(35-7)23(18)16-33-12-8-9-24-25(28(33)34)21(4)26(36-24)20(3)22-10-13-32(14-11-22)17-29(5,6)30/h15,20,22H,8-14,16-17H2,1-7H3/t20-/m1/s1. The van der Waals surface area contributed by atoms with Gasteiger partial charge in [-0.15, -0.1) is 11.3 Å². The highest BCUT2D eigenvalue weighted by atomic mass is 32.1. The van der Waals surface area contributed by atoms with Crippen LogP contribution in [0.1, 0.15) is 88.4 Å². The smallest absolute Gasteiger partial charge is 0.255 e. The average Bonchev–Trinajstić information content (AvgIpc) is 3.05. The first-order valence-electron chi connectivity index (χ1n) is 13.3. The van der Waals surface area contributed by atoms with E-state index >= 15 is 0 Å². The molecule has 1 atom stereocenters. The Bertz CT molecular complexity index is 1100. The molecule has 0 aromatic carbocycles. The van der Waals surface area contributed by atoms with Crippen molar-refractivity contribution in [2.75, 3.05) is 33.3 Å². The van der Waals surface area contributed by atoms with E-state index in [0.717, 1.165) is 73.3 Å². The largest absolute Gasteiger partial charge is 0.481 e. The number of hydrogen-bond acceptors (Lipinski definition) is 5. The van der Waals surface area contributed by atoms with Gasteiger partial charge in [-0.1, -0.05) is 6.92 Å². The number of pyridine rings is 1. The maximum absolute atomic E-state index is 14.1. The molecule has 1 fully saturated rings. The molecule has 2 aliphatic rings. The van der Waals surface area contributed by atoms with Gasteiger partial charge < -0.3 is 14.5 Å². The molecule has 0 N–H and O–H groups in total. The van der Waals surface area contributed by atoms with Crippen LogP contribution in [0, 0.1) is 26.7 Å². The van der Waals surface area contributed by atoms with Crippen molar-refractivity contribution in [2.24, 2.45) is 5.92 Å². The fraction of sp³-hybridized carbons (Fsp3) is 0.655. The molecule has 36 heavy (non-hydrogen) atoms. The van der Waals surface area contributed by atoms with Gasteiger partial charge in [0.15, 0.2) is 0 Å². The third-order valence-corrected chi connectivity index (χ3v) is 9.47. The summed E-state index contributed by atoms with van der Waals surface area (Å²) in [6, 6.07) is 2.06. The molecule has 7 heteroatoms. The number of nitrogens with zero attached hydrogens (tertiary/aromatic N) is 3. The number of rotatable bonds is 7. The Morgan fingerprint density at radius 2 is 1.92 bits per heavy atom. The van der Waals surface area contributed by atoms with E-state index in [2.05, 4.69) is 36.7 Å². The number of methoxy groups -OCH3 is 1. The van der Waals surface area contributed by atoms with Gasteiger partial charge in [-0.2, -0.15) is 0 Å². The van der Waals surface area contributed by atoms with Crippen LogP contribution in [0.5, 0.6) is 5.88 Å². The van der Waals surface area contributed by atoms with Crippen molar-refractivity contribution in [2.45, 2.75) is 85.4 Å². The van der Waals surface area contributed by atoms with Crippen molar-refractivity contribution < 1.29 is 13.9 Å². The Labute approximate surface area is 220 Å². The van der Waals surface area contributed by atoms with Crippen LogP contribution in [-0.2, 0) is 13.0 Å². The van der Waals surface area contributed by atoms with Crippen LogP contribution in [-0.4, -0.2) is 59.6 Å². The summed E-state index contributed by atoms with van der Waals surface area (Å²) in [5.41, 5.74) is 3.96. The van der Waals surface area contributed by atoms with E-state index < -0.39 is 5.67 Å². The molecular formula is C29H42FN3O2S. The Kier molecular flexibility index (Phi) is 8.10. The summed E-state index contributed by atoms with van der Waals surface area (Å²) in [5, 5.41) is 0. The van der Waals surface area contributed by atoms with Crippen molar-refractivity contribution in [3.8, 4) is 5.88 Å². The molecule has 0 aliphatic carbocycles. The molecule has 2 aromatic rings. The molecule has 2 aliphatic heterocycles. The number of piperidine rings is 1. The lowest BCUT2D eigenvalue weighted by Gasteiger charge is -2.36. The highest BCUT2D eigenvalue weighted by Gasteiger charge is 2.33. The molecule has 0 spiro atoms. The lowest BCUT2D eigenvalue weighted by atomic mass is 9.83. The molecule has 1 amide bonds. The fourth-order valence-corrected chi connectivity index (χ4v) is 7.55. The molecular weight excluding hydrogens is 473 g/mol. The number of carbonyl (C=O) groups is 1. The van der Waals surface area contributed by atoms with Crippen LogP contribution in [0.4, 0.5) is 4.39 Å². The van der Waals surface area contributed by atoms with Gasteiger partial charge in [0.2, 0.25) is 5.88 Å². The number of aryl methyl sites for hydroxylation is 3. The van der Waals surface area contributed by atoms with E-state index in [1.54, 1.807) is 21.0 Å². The first-order chi connectivity index (χ1) is 17.0. The Balaban J connectivity index is 1.52. The summed E-state index contributed by atoms with van der Waals surface area (Å²) in [6.07, 6.45) is 4.07. The molecule has 198 valence electrons. The highest BCUT2D eigenvalue weighted by Crippen LogP contribution is 2.42. The number of thiophene rings is 1. The number of hydrogen-bond donors (Lipinski definition) is 0. The van der Waals surface area contributed by atoms with Crippen LogP contribution in [0.25, 0.3) is 0 Å². The summed E-state index contributed by atoms with van der Waals surface area (Å²) in [5.74, 6) is 1.73. The number of alkyl halides is 1. The lowest BCUT2D eigenvalue weighted by molar-refractivity contribution is 0.0746. The van der Waals surface area contributed by atoms with E-state index in [1.165, 1.54) is 9.75 Å². The summed E-state index contributed by atoms with van der Waals surface area (Å²) in [7, 11) is 1.65. The molecule has 0 radical (unpaired) electrons. The highest BCUT2D eigenvalue weighted by molar-refractivity contribution is 7.12. The third-order valence-electron chi connectivity index (χ3n) is 7.92. The second-order valence-electron chi connectivity index (χ2n) is 11.4. The first kappa shape index (κ1) is 27.1. The number of aromatic nitrogens is 1. The van der Waals surface area contributed by atoms with E-state index in [4.69, 9.17) is 4.74 Å². The maximum atomic E-state index is 14.1. The monoisotopic (exact) mass is 515 g/mol. The van der Waals surface area contributed by atoms with Gasteiger partial charge in [-0.25, -0.2) is 9.37 Å². The molecule has 0 unspecified atom stereocenters. The number of amides is 1. The minimum atomic E-state index is -1.15. The SMILES string of the molecule is COc1nc(C)cc(C)c1CN1CCCc2sc([C@H](C)C3CCN(CC(C)(C)F)CC3)c(C)c2C1=O. The quantitative estimate of drug-likeness (QED) is 0.439. The average molecular weight is 516 g/mol. The fourth-order valence-electron chi connectivity index (χ4n) is 6.06. The molecule has 2 aromatic heterocycles. The van der Waals surface area contributed by atoms with E-state index in [0.29, 0.717) is 30.8 Å². The molecule has 4 rings (SSSR count). The topological polar surface area (TPSA) is 45.7 Å². The molecule has 0 saturated carbocycles. The summed E-state index contributed by atoms with van der Waals surface area (Å²) in [4.78, 5) is 25.3. The van der Waals surface area contributed by atoms with Gasteiger partial charge in [-0.3, -0.25) is 4.79 Å². The number of carbonyl (C=O) groups excluding carboxylic acids is 1. The zero-order valence-corrected chi connectivity index (χ0v) is 23.9. The molecule has 4 heterocycles. The van der Waals surface area contributed by atoms with E-state index in [1.807, 2.05) is 23.2 Å². The summed E-state index contributed by atoms with van der Waals surface area (Å²) < 4.78 is 19.7. The van der Waals surface area contributed by atoms with Crippen LogP contribution < -0.4 is 4.74 Å². The second kappa shape index (κ2) is 10.8. The van der Waals surface area contributed by atoms with Crippen molar-refractivity contribution in [3.05, 3.63) is 43.8 Å². The minimum absolute atomic E-state index is 0.136. The van der Waals surface area contributed by atoms with Crippen LogP contribution in [0.15, 0.2) is 6.07 Å². The predicted molar refractivity (Wildman–Crippen MR) is 145 cm³/mol. The molecule has 0 bridgehead atoms. The second-order valence-corrected chi connectivity index (χ2v) is 12.5. The zero-order valence-electron chi connectivity index (χ0n) is 23.0.